The molecule has 0 aliphatic carbocycles. The number of hydrogen-bond donors (Lipinski definition) is 1. The van der Waals surface area contributed by atoms with Gasteiger partial charge >= 0.3 is 0 Å². The first-order valence-corrected chi connectivity index (χ1v) is 6.92. The smallest absolute Gasteiger partial charge is 0.161 e. The van der Waals surface area contributed by atoms with Crippen molar-refractivity contribution >= 4 is 0 Å². The Bertz CT molecular complexity index is 355. The fraction of sp³-hybridized carbons (Fsp3) is 0.600. The third-order valence-electron chi connectivity index (χ3n) is 2.52. The Kier molecular flexibility index (Phi) is 8.02. The molecule has 108 valence electrons. The second kappa shape index (κ2) is 9.64. The molecule has 0 saturated carbocycles. The van der Waals surface area contributed by atoms with Crippen molar-refractivity contribution in [2.24, 2.45) is 0 Å². The van der Waals surface area contributed by atoms with Gasteiger partial charge in [0.1, 0.15) is 6.61 Å². The van der Waals surface area contributed by atoms with Crippen molar-refractivity contribution in [3.05, 3.63) is 23.8 Å². The molecule has 1 aromatic rings. The monoisotopic (exact) mass is 267 g/mol. The van der Waals surface area contributed by atoms with Crippen LogP contribution in [0, 0.1) is 0 Å². The van der Waals surface area contributed by atoms with Crippen LogP contribution in [0.5, 0.6) is 11.5 Å². The Labute approximate surface area is 116 Å². The number of rotatable bonds is 10. The lowest BCUT2D eigenvalue weighted by Gasteiger charge is -2.13. The van der Waals surface area contributed by atoms with Crippen molar-refractivity contribution in [3.8, 4) is 11.5 Å². The summed E-state index contributed by atoms with van der Waals surface area (Å²) < 4.78 is 16.7. The molecule has 0 saturated heterocycles. The first-order valence-electron chi connectivity index (χ1n) is 6.92. The van der Waals surface area contributed by atoms with E-state index in [4.69, 9.17) is 14.2 Å². The van der Waals surface area contributed by atoms with Crippen LogP contribution in [0.4, 0.5) is 0 Å². The first kappa shape index (κ1) is 15.8. The van der Waals surface area contributed by atoms with E-state index in [0.717, 1.165) is 31.1 Å². The molecule has 0 amide bonds. The third kappa shape index (κ3) is 5.94. The van der Waals surface area contributed by atoms with Gasteiger partial charge in [0.2, 0.25) is 0 Å². The summed E-state index contributed by atoms with van der Waals surface area (Å²) >= 11 is 0. The lowest BCUT2D eigenvalue weighted by atomic mass is 10.2. The Morgan fingerprint density at radius 2 is 1.84 bits per heavy atom. The average Bonchev–Trinajstić information content (AvgIpc) is 2.41. The molecule has 19 heavy (non-hydrogen) atoms. The molecule has 0 aliphatic heterocycles. The molecule has 1 rings (SSSR count). The van der Waals surface area contributed by atoms with Crippen molar-refractivity contribution < 1.29 is 14.2 Å². The van der Waals surface area contributed by atoms with Crippen LogP contribution >= 0.6 is 0 Å². The van der Waals surface area contributed by atoms with Gasteiger partial charge in [0.15, 0.2) is 11.5 Å². The SMILES string of the molecule is CCCOCCOc1ccc(CNC)cc1OCC. The van der Waals surface area contributed by atoms with Crippen LogP contribution in [0.3, 0.4) is 0 Å². The lowest BCUT2D eigenvalue weighted by Crippen LogP contribution is -2.09. The van der Waals surface area contributed by atoms with Gasteiger partial charge in [-0.2, -0.15) is 0 Å². The normalized spacial score (nSPS) is 10.5. The molecule has 4 heteroatoms. The molecule has 0 atom stereocenters. The van der Waals surface area contributed by atoms with E-state index in [1.165, 1.54) is 5.56 Å². The van der Waals surface area contributed by atoms with Gasteiger partial charge in [-0.25, -0.2) is 0 Å². The predicted molar refractivity (Wildman–Crippen MR) is 77.0 cm³/mol. The van der Waals surface area contributed by atoms with E-state index >= 15 is 0 Å². The highest BCUT2D eigenvalue weighted by molar-refractivity contribution is 5.43. The maximum atomic E-state index is 5.70. The zero-order valence-electron chi connectivity index (χ0n) is 12.2. The molecule has 0 fully saturated rings. The van der Waals surface area contributed by atoms with Gasteiger partial charge in [0, 0.05) is 13.2 Å². The molecular formula is C15H25NO3. The summed E-state index contributed by atoms with van der Waals surface area (Å²) in [6.45, 7) is 7.45. The zero-order valence-corrected chi connectivity index (χ0v) is 12.2. The van der Waals surface area contributed by atoms with Crippen LogP contribution in [0.15, 0.2) is 18.2 Å². The van der Waals surface area contributed by atoms with Crippen molar-refractivity contribution in [2.75, 3.05) is 33.5 Å². The van der Waals surface area contributed by atoms with E-state index in [1.807, 2.05) is 32.2 Å². The van der Waals surface area contributed by atoms with Gasteiger partial charge in [0.05, 0.1) is 13.2 Å². The Morgan fingerprint density at radius 1 is 1.00 bits per heavy atom. The number of nitrogens with one attached hydrogen (secondary N) is 1. The maximum absolute atomic E-state index is 5.70. The standard InChI is InChI=1S/C15H25NO3/c1-4-8-17-9-10-19-14-7-6-13(12-16-3)11-15(14)18-5-2/h6-7,11,16H,4-5,8-10,12H2,1-3H3. The van der Waals surface area contributed by atoms with Crippen LogP contribution in [-0.2, 0) is 11.3 Å². The molecule has 0 aliphatic rings. The Morgan fingerprint density at radius 3 is 2.53 bits per heavy atom. The molecule has 4 nitrogen and oxygen atoms in total. The van der Waals surface area contributed by atoms with Gasteiger partial charge in [-0.1, -0.05) is 13.0 Å². The molecule has 0 heterocycles. The van der Waals surface area contributed by atoms with Crippen molar-refractivity contribution in [1.29, 1.82) is 0 Å². The molecule has 0 aromatic heterocycles. The first-order chi connectivity index (χ1) is 9.31. The highest BCUT2D eigenvalue weighted by Crippen LogP contribution is 2.28. The van der Waals surface area contributed by atoms with Crippen LogP contribution in [-0.4, -0.2) is 33.5 Å². The summed E-state index contributed by atoms with van der Waals surface area (Å²) in [7, 11) is 1.93. The van der Waals surface area contributed by atoms with E-state index in [9.17, 15) is 0 Å². The molecule has 0 radical (unpaired) electrons. The third-order valence-corrected chi connectivity index (χ3v) is 2.52. The molecule has 1 aromatic carbocycles. The van der Waals surface area contributed by atoms with E-state index in [-0.39, 0.29) is 0 Å². The molecule has 0 bridgehead atoms. The quantitative estimate of drug-likeness (QED) is 0.661. The van der Waals surface area contributed by atoms with Gasteiger partial charge in [-0.3, -0.25) is 0 Å². The summed E-state index contributed by atoms with van der Waals surface area (Å²) in [5.74, 6) is 1.58. The number of ether oxygens (including phenoxy) is 3. The van der Waals surface area contributed by atoms with Crippen LogP contribution < -0.4 is 14.8 Å². The van der Waals surface area contributed by atoms with Crippen molar-refractivity contribution in [2.45, 2.75) is 26.8 Å². The second-order valence-electron chi connectivity index (χ2n) is 4.21. The highest BCUT2D eigenvalue weighted by atomic mass is 16.5. The topological polar surface area (TPSA) is 39.7 Å². The summed E-state index contributed by atoms with van der Waals surface area (Å²) in [5.41, 5.74) is 1.18. The van der Waals surface area contributed by atoms with Crippen molar-refractivity contribution in [1.82, 2.24) is 5.32 Å². The molecule has 0 spiro atoms. The van der Waals surface area contributed by atoms with Crippen LogP contribution in [0.1, 0.15) is 25.8 Å². The van der Waals surface area contributed by atoms with E-state index in [2.05, 4.69) is 12.2 Å². The molecular weight excluding hydrogens is 242 g/mol. The fourth-order valence-electron chi connectivity index (χ4n) is 1.71. The lowest BCUT2D eigenvalue weighted by molar-refractivity contribution is 0.0992. The Balaban J connectivity index is 2.54. The summed E-state index contributed by atoms with van der Waals surface area (Å²) in [5, 5.41) is 3.12. The highest BCUT2D eigenvalue weighted by Gasteiger charge is 2.06. The van der Waals surface area contributed by atoms with E-state index < -0.39 is 0 Å². The second-order valence-corrected chi connectivity index (χ2v) is 4.21. The molecule has 1 N–H and O–H groups in total. The summed E-state index contributed by atoms with van der Waals surface area (Å²) in [6.07, 6.45) is 1.03. The van der Waals surface area contributed by atoms with Crippen LogP contribution in [0.2, 0.25) is 0 Å². The predicted octanol–water partition coefficient (Wildman–Crippen LogP) is 2.61. The number of benzene rings is 1. The largest absolute Gasteiger partial charge is 0.490 e. The van der Waals surface area contributed by atoms with E-state index in [1.54, 1.807) is 0 Å². The molecule has 0 unspecified atom stereocenters. The average molecular weight is 267 g/mol. The number of hydrogen-bond acceptors (Lipinski definition) is 4. The van der Waals surface area contributed by atoms with Gasteiger partial charge < -0.3 is 19.5 Å². The maximum Gasteiger partial charge on any atom is 0.161 e. The minimum atomic E-state index is 0.547. The Hall–Kier alpha value is -1.26. The van der Waals surface area contributed by atoms with Gasteiger partial charge in [0.25, 0.3) is 0 Å². The van der Waals surface area contributed by atoms with Crippen molar-refractivity contribution in [3.63, 3.8) is 0 Å². The minimum Gasteiger partial charge on any atom is -0.490 e. The van der Waals surface area contributed by atoms with E-state index in [0.29, 0.717) is 19.8 Å². The van der Waals surface area contributed by atoms with Gasteiger partial charge in [-0.15, -0.1) is 0 Å². The zero-order chi connectivity index (χ0) is 13.9. The summed E-state index contributed by atoms with van der Waals surface area (Å²) in [4.78, 5) is 0. The fourth-order valence-corrected chi connectivity index (χ4v) is 1.71. The van der Waals surface area contributed by atoms with Crippen LogP contribution in [0.25, 0.3) is 0 Å². The van der Waals surface area contributed by atoms with Gasteiger partial charge in [-0.05, 0) is 38.1 Å². The summed E-state index contributed by atoms with van der Waals surface area (Å²) in [6, 6.07) is 6.01. The minimum absolute atomic E-state index is 0.547.